The average Bonchev–Trinajstić information content (AvgIpc) is 3.09. The van der Waals surface area contributed by atoms with E-state index in [1.54, 1.807) is 12.1 Å². The molecule has 2 saturated heterocycles. The number of nitrogens with zero attached hydrogens (tertiary/aromatic N) is 2. The minimum atomic E-state index is -0.469. The Morgan fingerprint density at radius 3 is 2.95 bits per heavy atom. The van der Waals surface area contributed by atoms with E-state index in [2.05, 4.69) is 5.32 Å². The maximum Gasteiger partial charge on any atom is 0.270 e. The molecule has 1 aromatic rings. The fourth-order valence-electron chi connectivity index (χ4n) is 3.19. The number of carbonyl (C=O) groups is 1. The van der Waals surface area contributed by atoms with Crippen LogP contribution < -0.4 is 5.32 Å². The van der Waals surface area contributed by atoms with Crippen molar-refractivity contribution in [1.29, 1.82) is 0 Å². The molecule has 0 saturated carbocycles. The molecular weight excluding hydrogens is 258 g/mol. The van der Waals surface area contributed by atoms with Gasteiger partial charge in [-0.3, -0.25) is 14.9 Å². The van der Waals surface area contributed by atoms with Crippen molar-refractivity contribution < 1.29 is 9.72 Å². The molecule has 0 bridgehead atoms. The van der Waals surface area contributed by atoms with Crippen molar-refractivity contribution in [2.45, 2.75) is 12.8 Å². The van der Waals surface area contributed by atoms with Crippen LogP contribution in [0.25, 0.3) is 0 Å². The predicted molar refractivity (Wildman–Crippen MR) is 73.5 cm³/mol. The molecule has 0 aromatic heterocycles. The molecule has 3 rings (SSSR count). The van der Waals surface area contributed by atoms with Crippen molar-refractivity contribution in [3.05, 3.63) is 39.9 Å². The van der Waals surface area contributed by atoms with Gasteiger partial charge < -0.3 is 10.2 Å². The summed E-state index contributed by atoms with van der Waals surface area (Å²) in [6.07, 6.45) is 2.12. The maximum atomic E-state index is 12.4. The second-order valence-electron chi connectivity index (χ2n) is 5.71. The number of non-ortho nitro benzene ring substituents is 1. The molecule has 1 aromatic carbocycles. The van der Waals surface area contributed by atoms with E-state index in [1.807, 2.05) is 4.90 Å². The van der Waals surface area contributed by atoms with E-state index < -0.39 is 4.92 Å². The van der Waals surface area contributed by atoms with Gasteiger partial charge in [-0.1, -0.05) is 6.07 Å². The van der Waals surface area contributed by atoms with Crippen LogP contribution in [-0.4, -0.2) is 41.9 Å². The van der Waals surface area contributed by atoms with Gasteiger partial charge in [-0.15, -0.1) is 0 Å². The van der Waals surface area contributed by atoms with Crippen LogP contribution in [0.4, 0.5) is 5.69 Å². The highest BCUT2D eigenvalue weighted by atomic mass is 16.6. The van der Waals surface area contributed by atoms with Gasteiger partial charge in [0.1, 0.15) is 0 Å². The monoisotopic (exact) mass is 275 g/mol. The number of carbonyl (C=O) groups excluding carboxylic acids is 1. The van der Waals surface area contributed by atoms with Crippen molar-refractivity contribution in [3.8, 4) is 0 Å². The first-order chi connectivity index (χ1) is 9.60. The second kappa shape index (κ2) is 4.86. The van der Waals surface area contributed by atoms with Crippen LogP contribution in [0.5, 0.6) is 0 Å². The predicted octanol–water partition coefficient (Wildman–Crippen LogP) is 1.42. The average molecular weight is 275 g/mol. The third kappa shape index (κ3) is 2.27. The lowest BCUT2D eigenvalue weighted by molar-refractivity contribution is -0.384. The Bertz CT molecular complexity index is 552. The van der Waals surface area contributed by atoms with E-state index in [-0.39, 0.29) is 17.0 Å². The third-order valence-corrected chi connectivity index (χ3v) is 4.36. The molecule has 2 aliphatic rings. The standard InChI is InChI=1S/C14H17N3O3/c18-13(11-2-1-3-12(8-11)17(19)20)16-7-5-14(10-16)4-6-15-9-14/h1-3,8,15H,4-7,9-10H2. The summed E-state index contributed by atoms with van der Waals surface area (Å²) in [5.74, 6) is -0.0996. The van der Waals surface area contributed by atoms with Crippen LogP contribution in [0.15, 0.2) is 24.3 Å². The Morgan fingerprint density at radius 1 is 1.40 bits per heavy atom. The van der Waals surface area contributed by atoms with Gasteiger partial charge in [0.15, 0.2) is 0 Å². The van der Waals surface area contributed by atoms with Gasteiger partial charge in [-0.2, -0.15) is 0 Å². The molecular formula is C14H17N3O3. The summed E-state index contributed by atoms with van der Waals surface area (Å²) in [5, 5.41) is 14.1. The van der Waals surface area contributed by atoms with Gasteiger partial charge in [-0.05, 0) is 25.5 Å². The molecule has 1 atom stereocenters. The zero-order valence-electron chi connectivity index (χ0n) is 11.2. The Labute approximate surface area is 116 Å². The number of nitro groups is 1. The zero-order valence-corrected chi connectivity index (χ0v) is 11.2. The number of benzene rings is 1. The van der Waals surface area contributed by atoms with Gasteiger partial charge in [0.05, 0.1) is 4.92 Å². The SMILES string of the molecule is O=C(c1cccc([N+](=O)[O-])c1)N1CCC2(CCNC2)C1. The Kier molecular flexibility index (Phi) is 3.17. The lowest BCUT2D eigenvalue weighted by Crippen LogP contribution is -2.33. The van der Waals surface area contributed by atoms with Crippen molar-refractivity contribution >= 4 is 11.6 Å². The van der Waals surface area contributed by atoms with Gasteiger partial charge in [0, 0.05) is 42.7 Å². The fourth-order valence-corrected chi connectivity index (χ4v) is 3.19. The summed E-state index contributed by atoms with van der Waals surface area (Å²) in [7, 11) is 0. The largest absolute Gasteiger partial charge is 0.338 e. The number of amides is 1. The highest BCUT2D eigenvalue weighted by Gasteiger charge is 2.42. The highest BCUT2D eigenvalue weighted by Crippen LogP contribution is 2.36. The van der Waals surface area contributed by atoms with Crippen LogP contribution >= 0.6 is 0 Å². The molecule has 2 heterocycles. The minimum absolute atomic E-state index is 0.0349. The van der Waals surface area contributed by atoms with Gasteiger partial charge >= 0.3 is 0 Å². The number of nitro benzene ring substituents is 1. The molecule has 1 N–H and O–H groups in total. The van der Waals surface area contributed by atoms with Crippen LogP contribution in [0.3, 0.4) is 0 Å². The van der Waals surface area contributed by atoms with E-state index in [9.17, 15) is 14.9 Å². The number of hydrogen-bond acceptors (Lipinski definition) is 4. The van der Waals surface area contributed by atoms with Crippen molar-refractivity contribution in [3.63, 3.8) is 0 Å². The first-order valence-electron chi connectivity index (χ1n) is 6.84. The molecule has 1 amide bonds. The number of rotatable bonds is 2. The number of hydrogen-bond donors (Lipinski definition) is 1. The van der Waals surface area contributed by atoms with E-state index in [0.717, 1.165) is 39.0 Å². The van der Waals surface area contributed by atoms with Crippen molar-refractivity contribution in [2.75, 3.05) is 26.2 Å². The minimum Gasteiger partial charge on any atom is -0.338 e. The van der Waals surface area contributed by atoms with Gasteiger partial charge in [0.2, 0.25) is 0 Å². The van der Waals surface area contributed by atoms with Crippen molar-refractivity contribution in [2.24, 2.45) is 5.41 Å². The van der Waals surface area contributed by atoms with E-state index in [4.69, 9.17) is 0 Å². The van der Waals surface area contributed by atoms with Crippen LogP contribution in [0.1, 0.15) is 23.2 Å². The molecule has 0 aliphatic carbocycles. The molecule has 0 radical (unpaired) electrons. The van der Waals surface area contributed by atoms with Gasteiger partial charge in [-0.25, -0.2) is 0 Å². The van der Waals surface area contributed by atoms with Crippen LogP contribution in [0.2, 0.25) is 0 Å². The Balaban J connectivity index is 1.76. The Hall–Kier alpha value is -1.95. The highest BCUT2D eigenvalue weighted by molar-refractivity contribution is 5.95. The lowest BCUT2D eigenvalue weighted by Gasteiger charge is -2.22. The second-order valence-corrected chi connectivity index (χ2v) is 5.71. The summed E-state index contributed by atoms with van der Waals surface area (Å²) in [5.41, 5.74) is 0.589. The quantitative estimate of drug-likeness (QED) is 0.654. The summed E-state index contributed by atoms with van der Waals surface area (Å²) < 4.78 is 0. The van der Waals surface area contributed by atoms with Crippen molar-refractivity contribution in [1.82, 2.24) is 10.2 Å². The molecule has 2 aliphatic heterocycles. The molecule has 106 valence electrons. The molecule has 1 unspecified atom stereocenters. The molecule has 6 nitrogen and oxygen atoms in total. The van der Waals surface area contributed by atoms with Gasteiger partial charge in [0.25, 0.3) is 11.6 Å². The number of likely N-dealkylation sites (tertiary alicyclic amines) is 1. The summed E-state index contributed by atoms with van der Waals surface area (Å²) in [6, 6.07) is 5.98. The Morgan fingerprint density at radius 2 is 2.25 bits per heavy atom. The normalized spacial score (nSPS) is 25.3. The summed E-state index contributed by atoms with van der Waals surface area (Å²) in [4.78, 5) is 24.6. The lowest BCUT2D eigenvalue weighted by atomic mass is 9.86. The molecule has 20 heavy (non-hydrogen) atoms. The van der Waals surface area contributed by atoms with Crippen LogP contribution in [0, 0.1) is 15.5 Å². The smallest absolute Gasteiger partial charge is 0.270 e. The fraction of sp³-hybridized carbons (Fsp3) is 0.500. The topological polar surface area (TPSA) is 75.5 Å². The molecule has 6 heteroatoms. The number of nitrogens with one attached hydrogen (secondary N) is 1. The van der Waals surface area contributed by atoms with E-state index in [0.29, 0.717) is 5.56 Å². The van der Waals surface area contributed by atoms with E-state index in [1.165, 1.54) is 12.1 Å². The first-order valence-corrected chi connectivity index (χ1v) is 6.84. The third-order valence-electron chi connectivity index (χ3n) is 4.36. The van der Waals surface area contributed by atoms with Crippen LogP contribution in [-0.2, 0) is 0 Å². The maximum absolute atomic E-state index is 12.4. The summed E-state index contributed by atoms with van der Waals surface area (Å²) in [6.45, 7) is 3.47. The first kappa shape index (κ1) is 13.1. The molecule has 2 fully saturated rings. The summed E-state index contributed by atoms with van der Waals surface area (Å²) >= 11 is 0. The van der Waals surface area contributed by atoms with E-state index >= 15 is 0 Å². The zero-order chi connectivity index (χ0) is 14.2. The molecule has 1 spiro atoms.